The third kappa shape index (κ3) is 2.33. The van der Waals surface area contributed by atoms with Gasteiger partial charge in [-0.2, -0.15) is 5.10 Å². The summed E-state index contributed by atoms with van der Waals surface area (Å²) in [5, 5.41) is 8.20. The predicted molar refractivity (Wildman–Crippen MR) is 65.0 cm³/mol. The quantitative estimate of drug-likeness (QED) is 0.743. The molecule has 0 aliphatic heterocycles. The van der Waals surface area contributed by atoms with Crippen LogP contribution in [0.4, 0.5) is 20.2 Å². The second-order valence-corrected chi connectivity index (χ2v) is 4.25. The van der Waals surface area contributed by atoms with Gasteiger partial charge in [-0.15, -0.1) is 0 Å². The molecule has 18 heavy (non-hydrogen) atoms. The minimum atomic E-state index is -0.887. The van der Waals surface area contributed by atoms with E-state index in [2.05, 4.69) is 31.4 Å². The number of H-pyrrole nitrogens is 1. The number of nitrogens with one attached hydrogen (secondary N) is 2. The van der Waals surface area contributed by atoms with Gasteiger partial charge in [-0.3, -0.25) is 9.89 Å². The highest BCUT2D eigenvalue weighted by atomic mass is 79.9. The maximum atomic E-state index is 13.4. The largest absolute Gasteiger partial charge is 0.396 e. The number of aromatic amines is 1. The zero-order valence-corrected chi connectivity index (χ0v) is 10.4. The summed E-state index contributed by atoms with van der Waals surface area (Å²) in [5.74, 6) is -2.31. The molecule has 1 aromatic carbocycles. The molecule has 0 aliphatic carbocycles. The van der Waals surface area contributed by atoms with Crippen molar-refractivity contribution in [1.82, 2.24) is 10.2 Å². The lowest BCUT2D eigenvalue weighted by Gasteiger charge is -2.06. The molecule has 0 saturated carbocycles. The van der Waals surface area contributed by atoms with Gasteiger partial charge < -0.3 is 11.1 Å². The molecule has 1 heterocycles. The van der Waals surface area contributed by atoms with Crippen molar-refractivity contribution in [1.29, 1.82) is 0 Å². The first-order valence-corrected chi connectivity index (χ1v) is 5.53. The number of nitrogen functional groups attached to an aromatic ring is 1. The zero-order valence-electron chi connectivity index (χ0n) is 8.80. The maximum absolute atomic E-state index is 13.4. The number of halogens is 3. The van der Waals surface area contributed by atoms with Gasteiger partial charge in [0.1, 0.15) is 17.3 Å². The summed E-state index contributed by atoms with van der Waals surface area (Å²) in [6, 6.07) is 1.78. The van der Waals surface area contributed by atoms with Gasteiger partial charge in [-0.1, -0.05) is 0 Å². The molecule has 0 unspecified atom stereocenters. The SMILES string of the molecule is Nc1cn[nH]c1C(=O)Nc1cc(Br)c(F)cc1F. The Morgan fingerprint density at radius 1 is 1.39 bits per heavy atom. The first kappa shape index (κ1) is 12.5. The average molecular weight is 317 g/mol. The van der Waals surface area contributed by atoms with Crippen molar-refractivity contribution in [2.75, 3.05) is 11.1 Å². The Bertz CT molecular complexity index is 614. The Morgan fingerprint density at radius 2 is 2.11 bits per heavy atom. The van der Waals surface area contributed by atoms with E-state index in [1.807, 2.05) is 0 Å². The standard InChI is InChI=1S/C10H7BrF2N4O/c11-4-1-8(6(13)2-5(4)12)16-10(18)9-7(14)3-15-17-9/h1-3H,14H2,(H,15,17)(H,16,18). The third-order valence-corrected chi connectivity index (χ3v) is 2.76. The molecule has 0 fully saturated rings. The van der Waals surface area contributed by atoms with Crippen LogP contribution < -0.4 is 11.1 Å². The van der Waals surface area contributed by atoms with Gasteiger partial charge in [0.2, 0.25) is 0 Å². The predicted octanol–water partition coefficient (Wildman–Crippen LogP) is 2.28. The number of benzene rings is 1. The van der Waals surface area contributed by atoms with E-state index < -0.39 is 17.5 Å². The Morgan fingerprint density at radius 3 is 2.72 bits per heavy atom. The number of rotatable bonds is 2. The Hall–Kier alpha value is -1.96. The smallest absolute Gasteiger partial charge is 0.275 e. The van der Waals surface area contributed by atoms with Crippen LogP contribution in [0.2, 0.25) is 0 Å². The molecule has 1 aromatic heterocycles. The van der Waals surface area contributed by atoms with Crippen molar-refractivity contribution in [3.8, 4) is 0 Å². The molecule has 2 rings (SSSR count). The van der Waals surface area contributed by atoms with Gasteiger partial charge in [0.15, 0.2) is 0 Å². The summed E-state index contributed by atoms with van der Waals surface area (Å²) >= 11 is 2.90. The van der Waals surface area contributed by atoms with Gasteiger partial charge >= 0.3 is 0 Å². The molecule has 8 heteroatoms. The summed E-state index contributed by atoms with van der Waals surface area (Å²) in [6.45, 7) is 0. The summed E-state index contributed by atoms with van der Waals surface area (Å²) < 4.78 is 26.4. The van der Waals surface area contributed by atoms with Gasteiger partial charge in [-0.25, -0.2) is 8.78 Å². The number of nitrogens with zero attached hydrogens (tertiary/aromatic N) is 1. The summed E-state index contributed by atoms with van der Waals surface area (Å²) in [6.07, 6.45) is 1.26. The normalized spacial score (nSPS) is 10.4. The zero-order chi connectivity index (χ0) is 13.3. The van der Waals surface area contributed by atoms with Crippen LogP contribution in [-0.4, -0.2) is 16.1 Å². The second kappa shape index (κ2) is 4.73. The lowest BCUT2D eigenvalue weighted by molar-refractivity contribution is 0.102. The van der Waals surface area contributed by atoms with Crippen LogP contribution in [-0.2, 0) is 0 Å². The molecule has 0 aliphatic rings. The molecule has 5 nitrogen and oxygen atoms in total. The van der Waals surface area contributed by atoms with Crippen molar-refractivity contribution in [3.05, 3.63) is 40.1 Å². The lowest BCUT2D eigenvalue weighted by Crippen LogP contribution is -2.15. The number of amides is 1. The molecule has 0 spiro atoms. The number of hydrogen-bond acceptors (Lipinski definition) is 3. The molecule has 94 valence electrons. The fraction of sp³-hybridized carbons (Fsp3) is 0. The molecule has 0 saturated heterocycles. The van der Waals surface area contributed by atoms with E-state index in [9.17, 15) is 13.6 Å². The van der Waals surface area contributed by atoms with E-state index in [-0.39, 0.29) is 21.5 Å². The topological polar surface area (TPSA) is 83.8 Å². The van der Waals surface area contributed by atoms with Crippen molar-refractivity contribution in [2.24, 2.45) is 0 Å². The van der Waals surface area contributed by atoms with Crippen LogP contribution in [0.15, 0.2) is 22.8 Å². The number of carbonyl (C=O) groups excluding carboxylic acids is 1. The Balaban J connectivity index is 2.28. The lowest BCUT2D eigenvalue weighted by atomic mass is 10.2. The summed E-state index contributed by atoms with van der Waals surface area (Å²) in [5.41, 5.74) is 5.45. The first-order valence-electron chi connectivity index (χ1n) is 4.73. The monoisotopic (exact) mass is 316 g/mol. The highest BCUT2D eigenvalue weighted by Gasteiger charge is 2.15. The number of hydrogen-bond donors (Lipinski definition) is 3. The fourth-order valence-corrected chi connectivity index (χ4v) is 1.62. The van der Waals surface area contributed by atoms with Crippen molar-refractivity contribution in [3.63, 3.8) is 0 Å². The van der Waals surface area contributed by atoms with Crippen LogP contribution in [0.3, 0.4) is 0 Å². The minimum Gasteiger partial charge on any atom is -0.396 e. The van der Waals surface area contributed by atoms with Crippen LogP contribution in [0, 0.1) is 11.6 Å². The van der Waals surface area contributed by atoms with E-state index in [0.717, 1.165) is 6.07 Å². The second-order valence-electron chi connectivity index (χ2n) is 3.40. The molecular formula is C10H7BrF2N4O. The molecular weight excluding hydrogens is 310 g/mol. The molecule has 1 amide bonds. The highest BCUT2D eigenvalue weighted by Crippen LogP contribution is 2.24. The molecule has 2 aromatic rings. The van der Waals surface area contributed by atoms with Crippen LogP contribution in [0.5, 0.6) is 0 Å². The Labute approximate surface area is 109 Å². The van der Waals surface area contributed by atoms with Gasteiger partial charge in [0, 0.05) is 6.07 Å². The van der Waals surface area contributed by atoms with Crippen molar-refractivity contribution < 1.29 is 13.6 Å². The maximum Gasteiger partial charge on any atom is 0.275 e. The van der Waals surface area contributed by atoms with E-state index in [1.165, 1.54) is 6.20 Å². The van der Waals surface area contributed by atoms with Gasteiger partial charge in [0.25, 0.3) is 5.91 Å². The number of anilines is 2. The van der Waals surface area contributed by atoms with Gasteiger partial charge in [-0.05, 0) is 22.0 Å². The van der Waals surface area contributed by atoms with Crippen LogP contribution in [0.1, 0.15) is 10.5 Å². The number of aromatic nitrogens is 2. The van der Waals surface area contributed by atoms with Crippen molar-refractivity contribution >= 4 is 33.2 Å². The number of carbonyl (C=O) groups is 1. The van der Waals surface area contributed by atoms with Crippen LogP contribution in [0.25, 0.3) is 0 Å². The minimum absolute atomic E-state index is 0.00912. The first-order chi connectivity index (χ1) is 8.49. The summed E-state index contributed by atoms with van der Waals surface area (Å²) in [7, 11) is 0. The Kier molecular flexibility index (Phi) is 3.28. The van der Waals surface area contributed by atoms with E-state index in [1.54, 1.807) is 0 Å². The fourth-order valence-electron chi connectivity index (χ4n) is 1.28. The highest BCUT2D eigenvalue weighted by molar-refractivity contribution is 9.10. The number of nitrogens with two attached hydrogens (primary N) is 1. The van der Waals surface area contributed by atoms with E-state index in [4.69, 9.17) is 5.73 Å². The van der Waals surface area contributed by atoms with Crippen LogP contribution >= 0.6 is 15.9 Å². The average Bonchev–Trinajstić information content (AvgIpc) is 2.72. The molecule has 4 N–H and O–H groups in total. The molecule has 0 atom stereocenters. The molecule has 0 bridgehead atoms. The van der Waals surface area contributed by atoms with E-state index >= 15 is 0 Å². The summed E-state index contributed by atoms with van der Waals surface area (Å²) in [4.78, 5) is 11.7. The van der Waals surface area contributed by atoms with Crippen molar-refractivity contribution in [2.45, 2.75) is 0 Å². The van der Waals surface area contributed by atoms with E-state index in [0.29, 0.717) is 6.07 Å². The molecule has 0 radical (unpaired) electrons. The third-order valence-electron chi connectivity index (χ3n) is 2.15. The van der Waals surface area contributed by atoms with Gasteiger partial charge in [0.05, 0.1) is 22.0 Å².